The quantitative estimate of drug-likeness (QED) is 0.583. The standard InChI is InChI=1S/C22H23NO5S/c1-3-12-27-20-14-16(2)9-10-19(20)23-22(24)21-17(11-13-28-21)15-29(25,26)18-7-5-4-6-8-18/h4-11,13-14H,3,12,15H2,1-2H3,(H,23,24). The molecule has 0 saturated heterocycles. The van der Waals surface area contributed by atoms with Crippen molar-refractivity contribution in [3.8, 4) is 5.75 Å². The number of benzene rings is 2. The van der Waals surface area contributed by atoms with Gasteiger partial charge in [0.1, 0.15) is 5.75 Å². The fourth-order valence-electron chi connectivity index (χ4n) is 2.81. The van der Waals surface area contributed by atoms with E-state index in [0.717, 1.165) is 12.0 Å². The van der Waals surface area contributed by atoms with Gasteiger partial charge in [0.25, 0.3) is 5.91 Å². The van der Waals surface area contributed by atoms with Gasteiger partial charge in [0.15, 0.2) is 15.6 Å². The summed E-state index contributed by atoms with van der Waals surface area (Å²) in [6.07, 6.45) is 2.15. The van der Waals surface area contributed by atoms with E-state index < -0.39 is 15.7 Å². The summed E-state index contributed by atoms with van der Waals surface area (Å²) in [5.74, 6) is -0.334. The lowest BCUT2D eigenvalue weighted by Gasteiger charge is -2.13. The molecule has 29 heavy (non-hydrogen) atoms. The average molecular weight is 413 g/mol. The summed E-state index contributed by atoms with van der Waals surface area (Å²) in [5.41, 5.74) is 1.80. The first-order chi connectivity index (χ1) is 13.9. The van der Waals surface area contributed by atoms with E-state index in [9.17, 15) is 13.2 Å². The first kappa shape index (κ1) is 20.7. The molecule has 0 atom stereocenters. The number of aryl methyl sites for hydroxylation is 1. The van der Waals surface area contributed by atoms with Crippen LogP contribution in [0.25, 0.3) is 0 Å². The predicted molar refractivity (Wildman–Crippen MR) is 111 cm³/mol. The predicted octanol–water partition coefficient (Wildman–Crippen LogP) is 4.60. The van der Waals surface area contributed by atoms with Crippen LogP contribution < -0.4 is 10.1 Å². The number of anilines is 1. The molecular formula is C22H23NO5S. The van der Waals surface area contributed by atoms with Gasteiger partial charge in [0.05, 0.1) is 29.2 Å². The molecule has 1 amide bonds. The van der Waals surface area contributed by atoms with Crippen LogP contribution >= 0.6 is 0 Å². The Kier molecular flexibility index (Phi) is 6.39. The molecule has 0 unspecified atom stereocenters. The molecule has 0 aliphatic rings. The molecule has 6 nitrogen and oxygen atoms in total. The minimum absolute atomic E-state index is 0.0356. The van der Waals surface area contributed by atoms with E-state index in [1.54, 1.807) is 24.3 Å². The Morgan fingerprint density at radius 1 is 1.10 bits per heavy atom. The summed E-state index contributed by atoms with van der Waals surface area (Å²) < 4.78 is 36.3. The van der Waals surface area contributed by atoms with Gasteiger partial charge in [-0.15, -0.1) is 0 Å². The van der Waals surface area contributed by atoms with Gasteiger partial charge in [0, 0.05) is 5.56 Å². The van der Waals surface area contributed by atoms with Crippen molar-refractivity contribution in [2.75, 3.05) is 11.9 Å². The molecule has 152 valence electrons. The lowest BCUT2D eigenvalue weighted by Crippen LogP contribution is -2.15. The number of furan rings is 1. The highest BCUT2D eigenvalue weighted by atomic mass is 32.2. The van der Waals surface area contributed by atoms with Crippen LogP contribution in [0.15, 0.2) is 70.2 Å². The molecule has 0 spiro atoms. The Labute approximate surface area is 170 Å². The smallest absolute Gasteiger partial charge is 0.291 e. The van der Waals surface area contributed by atoms with Crippen LogP contribution in [0.4, 0.5) is 5.69 Å². The Balaban J connectivity index is 1.82. The number of carbonyl (C=O) groups is 1. The minimum Gasteiger partial charge on any atom is -0.491 e. The van der Waals surface area contributed by atoms with Crippen molar-refractivity contribution < 1.29 is 22.4 Å². The third kappa shape index (κ3) is 5.06. The molecule has 3 rings (SSSR count). The Morgan fingerprint density at radius 3 is 2.59 bits per heavy atom. The van der Waals surface area contributed by atoms with Crippen molar-refractivity contribution in [3.63, 3.8) is 0 Å². The molecule has 1 N–H and O–H groups in total. The van der Waals surface area contributed by atoms with Gasteiger partial charge in [-0.2, -0.15) is 0 Å². The fourth-order valence-corrected chi connectivity index (χ4v) is 4.18. The number of nitrogens with one attached hydrogen (secondary N) is 1. The van der Waals surface area contributed by atoms with E-state index in [4.69, 9.17) is 9.15 Å². The first-order valence-electron chi connectivity index (χ1n) is 9.29. The van der Waals surface area contributed by atoms with E-state index in [2.05, 4.69) is 5.32 Å². The minimum atomic E-state index is -3.60. The molecule has 3 aromatic rings. The number of sulfone groups is 1. The molecule has 2 aromatic carbocycles. The maximum Gasteiger partial charge on any atom is 0.291 e. The largest absolute Gasteiger partial charge is 0.491 e. The molecule has 1 aromatic heterocycles. The van der Waals surface area contributed by atoms with Crippen molar-refractivity contribution in [3.05, 3.63) is 77.7 Å². The van der Waals surface area contributed by atoms with Gasteiger partial charge in [-0.3, -0.25) is 4.79 Å². The van der Waals surface area contributed by atoms with E-state index in [1.807, 2.05) is 26.0 Å². The zero-order valence-corrected chi connectivity index (χ0v) is 17.2. The second kappa shape index (κ2) is 8.96. The normalized spacial score (nSPS) is 11.2. The monoisotopic (exact) mass is 413 g/mol. The summed E-state index contributed by atoms with van der Waals surface area (Å²) in [4.78, 5) is 13.0. The van der Waals surface area contributed by atoms with Crippen LogP contribution in [0.3, 0.4) is 0 Å². The third-order valence-electron chi connectivity index (χ3n) is 4.25. The highest BCUT2D eigenvalue weighted by molar-refractivity contribution is 7.90. The summed E-state index contributed by atoms with van der Waals surface area (Å²) >= 11 is 0. The van der Waals surface area contributed by atoms with Gasteiger partial charge in [-0.05, 0) is 49.2 Å². The number of hydrogen-bond acceptors (Lipinski definition) is 5. The molecule has 0 saturated carbocycles. The van der Waals surface area contributed by atoms with Crippen LogP contribution in [0.5, 0.6) is 5.75 Å². The van der Waals surface area contributed by atoms with Crippen molar-refractivity contribution in [2.45, 2.75) is 30.9 Å². The molecule has 0 aliphatic carbocycles. The lowest BCUT2D eigenvalue weighted by atomic mass is 10.2. The van der Waals surface area contributed by atoms with Crippen molar-refractivity contribution in [2.24, 2.45) is 0 Å². The molecule has 0 bridgehead atoms. The second-order valence-corrected chi connectivity index (χ2v) is 8.64. The first-order valence-corrected chi connectivity index (χ1v) is 10.9. The molecule has 0 fully saturated rings. The Morgan fingerprint density at radius 2 is 1.86 bits per heavy atom. The van der Waals surface area contributed by atoms with E-state index in [-0.39, 0.29) is 16.4 Å². The van der Waals surface area contributed by atoms with Crippen molar-refractivity contribution in [1.29, 1.82) is 0 Å². The van der Waals surface area contributed by atoms with Crippen molar-refractivity contribution >= 4 is 21.4 Å². The topological polar surface area (TPSA) is 85.6 Å². The SMILES string of the molecule is CCCOc1cc(C)ccc1NC(=O)c1occc1CS(=O)(=O)c1ccccc1. The third-order valence-corrected chi connectivity index (χ3v) is 5.93. The summed E-state index contributed by atoms with van der Waals surface area (Å²) in [5, 5.41) is 2.76. The highest BCUT2D eigenvalue weighted by Gasteiger charge is 2.23. The maximum atomic E-state index is 12.8. The van der Waals surface area contributed by atoms with Crippen molar-refractivity contribution in [1.82, 2.24) is 0 Å². The van der Waals surface area contributed by atoms with Crippen LogP contribution in [0.1, 0.15) is 35.0 Å². The second-order valence-electron chi connectivity index (χ2n) is 6.65. The number of rotatable bonds is 8. The van der Waals surface area contributed by atoms with Gasteiger partial charge >= 0.3 is 0 Å². The molecule has 7 heteroatoms. The summed E-state index contributed by atoms with van der Waals surface area (Å²) in [6.45, 7) is 4.45. The summed E-state index contributed by atoms with van der Waals surface area (Å²) in [6, 6.07) is 15.1. The van der Waals surface area contributed by atoms with Gasteiger partial charge in [0.2, 0.25) is 0 Å². The number of amides is 1. The van der Waals surface area contributed by atoms with Gasteiger partial charge in [-0.25, -0.2) is 8.42 Å². The fraction of sp³-hybridized carbons (Fsp3) is 0.227. The zero-order valence-electron chi connectivity index (χ0n) is 16.3. The lowest BCUT2D eigenvalue weighted by molar-refractivity contribution is 0.0995. The maximum absolute atomic E-state index is 12.8. The molecular weight excluding hydrogens is 390 g/mol. The average Bonchev–Trinajstić information content (AvgIpc) is 3.16. The van der Waals surface area contributed by atoms with Crippen LogP contribution in [-0.4, -0.2) is 20.9 Å². The van der Waals surface area contributed by atoms with E-state index >= 15 is 0 Å². The molecule has 0 radical (unpaired) electrons. The zero-order chi connectivity index (χ0) is 20.9. The van der Waals surface area contributed by atoms with Gasteiger partial charge in [-0.1, -0.05) is 31.2 Å². The molecule has 0 aliphatic heterocycles. The Bertz CT molecular complexity index is 1090. The number of hydrogen-bond donors (Lipinski definition) is 1. The van der Waals surface area contributed by atoms with Crippen LogP contribution in [0, 0.1) is 6.92 Å². The van der Waals surface area contributed by atoms with Crippen LogP contribution in [-0.2, 0) is 15.6 Å². The number of carbonyl (C=O) groups excluding carboxylic acids is 1. The van der Waals surface area contributed by atoms with Crippen LogP contribution in [0.2, 0.25) is 0 Å². The van der Waals surface area contributed by atoms with E-state index in [0.29, 0.717) is 23.6 Å². The van der Waals surface area contributed by atoms with Gasteiger partial charge < -0.3 is 14.5 Å². The highest BCUT2D eigenvalue weighted by Crippen LogP contribution is 2.27. The summed E-state index contributed by atoms with van der Waals surface area (Å²) in [7, 11) is -3.60. The Hall–Kier alpha value is -3.06. The van der Waals surface area contributed by atoms with E-state index in [1.165, 1.54) is 24.5 Å². The number of ether oxygens (including phenoxy) is 1. The molecule has 1 heterocycles.